The number of hydrogen-bond acceptors (Lipinski definition) is 1. The fourth-order valence-electron chi connectivity index (χ4n) is 11.5. The summed E-state index contributed by atoms with van der Waals surface area (Å²) >= 11 is 0. The van der Waals surface area contributed by atoms with Crippen molar-refractivity contribution in [2.45, 2.75) is 38.5 Å². The lowest BCUT2D eigenvalue weighted by Gasteiger charge is -2.44. The van der Waals surface area contributed by atoms with Gasteiger partial charge in [0.15, 0.2) is 0 Å². The number of rotatable bonds is 2. The van der Waals surface area contributed by atoms with Crippen molar-refractivity contribution in [1.29, 1.82) is 0 Å². The molecule has 55 heavy (non-hydrogen) atoms. The Balaban J connectivity index is 1.27. The largest absolute Gasteiger partial charge is 0.376 e. The Bertz CT molecular complexity index is 3220. The van der Waals surface area contributed by atoms with E-state index in [-0.39, 0.29) is 17.7 Å². The number of aromatic nitrogens is 1. The van der Waals surface area contributed by atoms with Gasteiger partial charge in [-0.25, -0.2) is 0 Å². The van der Waals surface area contributed by atoms with Crippen molar-refractivity contribution in [2.75, 3.05) is 4.81 Å². The van der Waals surface area contributed by atoms with E-state index in [2.05, 4.69) is 189 Å². The molecule has 9 aromatic rings. The number of para-hydroxylation sites is 3. The molecule has 4 aliphatic rings. The Labute approximate surface area is 321 Å². The van der Waals surface area contributed by atoms with Crippen LogP contribution in [0.15, 0.2) is 152 Å². The summed E-state index contributed by atoms with van der Waals surface area (Å²) in [4.78, 5) is 2.63. The van der Waals surface area contributed by atoms with Gasteiger partial charge in [-0.15, -0.1) is 0 Å². The molecule has 0 bridgehead atoms. The average molecular weight is 701 g/mol. The lowest BCUT2D eigenvalue weighted by molar-refractivity contribution is 0.632. The molecule has 258 valence electrons. The highest BCUT2D eigenvalue weighted by Gasteiger charge is 2.48. The lowest BCUT2D eigenvalue weighted by atomic mass is 9.43. The van der Waals surface area contributed by atoms with Crippen LogP contribution < -0.4 is 15.7 Å². The first-order valence-electron chi connectivity index (χ1n) is 19.7. The summed E-state index contributed by atoms with van der Waals surface area (Å²) in [6, 6.07) is 57.8. The maximum Gasteiger partial charge on any atom is 0.333 e. The molecule has 1 aliphatic carbocycles. The molecule has 0 N–H and O–H groups in total. The monoisotopic (exact) mass is 700 g/mol. The number of anilines is 2. The standard InChI is InChI=1S/C52H37BN2/c1-51(2)39-21-12-10-19-34(39)37-27-31(25-26-40(37)51)36-29-38-35-20-11-13-24-44(35)55(32-16-6-5-7-17-32)53-43-23-14-22-41-48(43)54-49-42(52(41,3)4)28-30-15-8-9-18-33(30)45(49)46(36)50(54)47(38)53/h5-29H,1-4H3. The molecule has 0 spiro atoms. The zero-order valence-electron chi connectivity index (χ0n) is 31.4. The van der Waals surface area contributed by atoms with Crippen LogP contribution in [0.25, 0.3) is 71.6 Å². The smallest absolute Gasteiger partial charge is 0.333 e. The van der Waals surface area contributed by atoms with Crippen LogP contribution in [-0.4, -0.2) is 11.4 Å². The Morgan fingerprint density at radius 1 is 0.473 bits per heavy atom. The van der Waals surface area contributed by atoms with Crippen molar-refractivity contribution < 1.29 is 0 Å². The molecule has 0 radical (unpaired) electrons. The van der Waals surface area contributed by atoms with Crippen LogP contribution in [-0.2, 0) is 10.8 Å². The molecule has 0 amide bonds. The molecule has 8 aromatic carbocycles. The highest BCUT2D eigenvalue weighted by Crippen LogP contribution is 2.56. The van der Waals surface area contributed by atoms with Gasteiger partial charge in [0.1, 0.15) is 0 Å². The molecule has 3 aliphatic heterocycles. The van der Waals surface area contributed by atoms with Gasteiger partial charge in [0.25, 0.3) is 0 Å². The van der Waals surface area contributed by atoms with Gasteiger partial charge in [0.2, 0.25) is 0 Å². The Kier molecular flexibility index (Phi) is 5.39. The second-order valence-corrected chi connectivity index (χ2v) is 17.2. The number of hydrogen-bond donors (Lipinski definition) is 0. The number of benzene rings is 8. The van der Waals surface area contributed by atoms with Gasteiger partial charge in [0.05, 0.1) is 11.0 Å². The molecular formula is C52H37BN2. The zero-order valence-corrected chi connectivity index (χ0v) is 31.4. The number of fused-ring (bicyclic) bond motifs is 9. The van der Waals surface area contributed by atoms with Crippen molar-refractivity contribution in [1.82, 2.24) is 4.57 Å². The maximum absolute atomic E-state index is 2.71. The van der Waals surface area contributed by atoms with E-state index in [0.717, 1.165) is 0 Å². The van der Waals surface area contributed by atoms with Gasteiger partial charge in [-0.2, -0.15) is 0 Å². The van der Waals surface area contributed by atoms with Crippen molar-refractivity contribution >= 4 is 61.7 Å². The second-order valence-electron chi connectivity index (χ2n) is 17.2. The van der Waals surface area contributed by atoms with E-state index in [1.54, 1.807) is 0 Å². The van der Waals surface area contributed by atoms with Crippen LogP contribution in [0.4, 0.5) is 11.4 Å². The van der Waals surface area contributed by atoms with Crippen LogP contribution in [0.3, 0.4) is 0 Å². The Morgan fingerprint density at radius 3 is 2.05 bits per heavy atom. The third-order valence-electron chi connectivity index (χ3n) is 13.9. The van der Waals surface area contributed by atoms with Gasteiger partial charge in [-0.1, -0.05) is 143 Å². The third kappa shape index (κ3) is 3.46. The summed E-state index contributed by atoms with van der Waals surface area (Å²) in [6.45, 7) is 9.65. The molecular weight excluding hydrogens is 663 g/mol. The molecule has 3 heteroatoms. The minimum Gasteiger partial charge on any atom is -0.376 e. The van der Waals surface area contributed by atoms with E-state index in [4.69, 9.17) is 0 Å². The molecule has 0 atom stereocenters. The summed E-state index contributed by atoms with van der Waals surface area (Å²) in [5.74, 6) is 0. The van der Waals surface area contributed by atoms with Crippen molar-refractivity contribution in [3.63, 3.8) is 0 Å². The highest BCUT2D eigenvalue weighted by molar-refractivity contribution is 6.94. The minimum atomic E-state index is -0.203. The Hall–Kier alpha value is -6.32. The fourth-order valence-corrected chi connectivity index (χ4v) is 11.5. The van der Waals surface area contributed by atoms with Crippen molar-refractivity contribution in [2.24, 2.45) is 0 Å². The van der Waals surface area contributed by atoms with E-state index in [9.17, 15) is 0 Å². The average Bonchev–Trinajstić information content (AvgIpc) is 3.69. The molecule has 0 unspecified atom stereocenters. The van der Waals surface area contributed by atoms with Crippen molar-refractivity contribution in [3.8, 4) is 39.1 Å². The topological polar surface area (TPSA) is 8.17 Å². The summed E-state index contributed by atoms with van der Waals surface area (Å²) in [5.41, 5.74) is 22.6. The summed E-state index contributed by atoms with van der Waals surface area (Å²) in [6.07, 6.45) is 0. The van der Waals surface area contributed by atoms with E-state index >= 15 is 0 Å². The second kappa shape index (κ2) is 9.86. The number of nitrogens with zero attached hydrogens (tertiary/aromatic N) is 2. The van der Waals surface area contributed by atoms with E-state index in [0.29, 0.717) is 0 Å². The predicted molar refractivity (Wildman–Crippen MR) is 232 cm³/mol. The first kappa shape index (κ1) is 30.1. The van der Waals surface area contributed by atoms with Crippen LogP contribution >= 0.6 is 0 Å². The van der Waals surface area contributed by atoms with Crippen LogP contribution in [0.1, 0.15) is 49.9 Å². The maximum atomic E-state index is 2.71. The first-order chi connectivity index (χ1) is 26.8. The Morgan fingerprint density at radius 2 is 1.18 bits per heavy atom. The van der Waals surface area contributed by atoms with Gasteiger partial charge >= 0.3 is 6.85 Å². The van der Waals surface area contributed by atoms with Gasteiger partial charge in [-0.05, 0) is 108 Å². The molecule has 0 fully saturated rings. The van der Waals surface area contributed by atoms with Crippen LogP contribution in [0, 0.1) is 0 Å². The quantitative estimate of drug-likeness (QED) is 0.163. The molecule has 1 aromatic heterocycles. The van der Waals surface area contributed by atoms with Gasteiger partial charge < -0.3 is 9.38 Å². The molecule has 0 saturated carbocycles. The highest BCUT2D eigenvalue weighted by atomic mass is 15.1. The molecule has 4 heterocycles. The fraction of sp³-hybridized carbons (Fsp3) is 0.115. The van der Waals surface area contributed by atoms with E-state index < -0.39 is 0 Å². The van der Waals surface area contributed by atoms with E-state index in [1.165, 1.54) is 116 Å². The van der Waals surface area contributed by atoms with Crippen LogP contribution in [0.2, 0.25) is 0 Å². The van der Waals surface area contributed by atoms with E-state index in [1.807, 2.05) is 0 Å². The first-order valence-corrected chi connectivity index (χ1v) is 19.7. The summed E-state index contributed by atoms with van der Waals surface area (Å²) in [7, 11) is 0. The molecule has 13 rings (SSSR count). The minimum absolute atomic E-state index is 0.00641. The summed E-state index contributed by atoms with van der Waals surface area (Å²) in [5, 5.41) is 5.37. The van der Waals surface area contributed by atoms with Gasteiger partial charge in [0, 0.05) is 44.2 Å². The van der Waals surface area contributed by atoms with Gasteiger partial charge in [-0.3, -0.25) is 0 Å². The van der Waals surface area contributed by atoms with Crippen molar-refractivity contribution in [3.05, 3.63) is 174 Å². The SMILES string of the molecule is CC1(C)c2ccccc2-c2cc(-c3cc4c5c6c3c3c7ccccc7cc7c3n6-c3c(cccc3C7(C)C)B5N(c3ccccc3)c3ccccc3-4)ccc21. The third-order valence-corrected chi connectivity index (χ3v) is 13.9. The molecule has 2 nitrogen and oxygen atoms in total. The predicted octanol–water partition coefficient (Wildman–Crippen LogP) is 11.8. The lowest BCUT2D eigenvalue weighted by Crippen LogP contribution is -2.61. The van der Waals surface area contributed by atoms with Crippen LogP contribution in [0.5, 0.6) is 0 Å². The molecule has 0 saturated heterocycles. The summed E-state index contributed by atoms with van der Waals surface area (Å²) < 4.78 is 2.71. The zero-order chi connectivity index (χ0) is 36.5. The normalized spacial score (nSPS) is 15.9.